The molecule has 0 aliphatic carbocycles. The third kappa shape index (κ3) is 1.66. The molecule has 0 aliphatic heterocycles. The molecule has 64 valence electrons. The lowest BCUT2D eigenvalue weighted by atomic mass is 10.0. The Morgan fingerprint density at radius 2 is 1.92 bits per heavy atom. The maximum Gasteiger partial charge on any atom is 0.0392 e. The quantitative estimate of drug-likeness (QED) is 0.634. The molecule has 0 amide bonds. The number of terminal acetylenes is 2. The van der Waals surface area contributed by atoms with Crippen molar-refractivity contribution >= 4 is 5.69 Å². The van der Waals surface area contributed by atoms with Crippen molar-refractivity contribution in [1.82, 2.24) is 0 Å². The van der Waals surface area contributed by atoms with Crippen LogP contribution < -0.4 is 5.32 Å². The average molecular weight is 169 g/mol. The molecule has 0 saturated carbocycles. The highest BCUT2D eigenvalue weighted by Crippen LogP contribution is 2.20. The summed E-state index contributed by atoms with van der Waals surface area (Å²) in [6.07, 6.45) is 10.7. The van der Waals surface area contributed by atoms with Crippen molar-refractivity contribution < 1.29 is 0 Å². The summed E-state index contributed by atoms with van der Waals surface area (Å²) in [5.74, 6) is 5.18. The summed E-state index contributed by atoms with van der Waals surface area (Å²) in [7, 11) is 1.85. The third-order valence-electron chi connectivity index (χ3n) is 2.00. The Morgan fingerprint density at radius 3 is 2.38 bits per heavy atom. The monoisotopic (exact) mass is 169 g/mol. The van der Waals surface area contributed by atoms with E-state index in [0.717, 1.165) is 22.4 Å². The van der Waals surface area contributed by atoms with E-state index in [1.165, 1.54) is 0 Å². The van der Waals surface area contributed by atoms with Gasteiger partial charge in [0.2, 0.25) is 0 Å². The average Bonchev–Trinajstić information content (AvgIpc) is 2.18. The van der Waals surface area contributed by atoms with Crippen LogP contribution >= 0.6 is 0 Å². The molecular weight excluding hydrogens is 158 g/mol. The highest BCUT2D eigenvalue weighted by molar-refractivity contribution is 5.62. The maximum absolute atomic E-state index is 5.35. The van der Waals surface area contributed by atoms with Crippen LogP contribution in [0.15, 0.2) is 12.1 Å². The highest BCUT2D eigenvalue weighted by atomic mass is 14.8. The molecule has 0 radical (unpaired) electrons. The van der Waals surface area contributed by atoms with E-state index in [1.54, 1.807) is 0 Å². The van der Waals surface area contributed by atoms with Gasteiger partial charge in [0.05, 0.1) is 0 Å². The van der Waals surface area contributed by atoms with Gasteiger partial charge in [-0.15, -0.1) is 12.8 Å². The van der Waals surface area contributed by atoms with Gasteiger partial charge in [-0.3, -0.25) is 0 Å². The second kappa shape index (κ2) is 3.70. The summed E-state index contributed by atoms with van der Waals surface area (Å²) in [5, 5.41) is 3.05. The van der Waals surface area contributed by atoms with Crippen LogP contribution in [0.3, 0.4) is 0 Å². The first-order chi connectivity index (χ1) is 6.22. The molecule has 0 bridgehead atoms. The first kappa shape index (κ1) is 9.23. The lowest BCUT2D eigenvalue weighted by molar-refractivity contribution is 1.37. The molecule has 1 rings (SSSR count). The molecule has 0 atom stereocenters. The van der Waals surface area contributed by atoms with Crippen LogP contribution in [0.4, 0.5) is 5.69 Å². The van der Waals surface area contributed by atoms with Crippen molar-refractivity contribution in [2.45, 2.75) is 6.92 Å². The van der Waals surface area contributed by atoms with Gasteiger partial charge in [-0.25, -0.2) is 0 Å². The van der Waals surface area contributed by atoms with Gasteiger partial charge in [0.1, 0.15) is 0 Å². The Bertz CT molecular complexity index is 402. The summed E-state index contributed by atoms with van der Waals surface area (Å²) >= 11 is 0. The number of benzene rings is 1. The Labute approximate surface area is 79.2 Å². The maximum atomic E-state index is 5.35. The topological polar surface area (TPSA) is 12.0 Å². The van der Waals surface area contributed by atoms with Crippen LogP contribution in [0.25, 0.3) is 0 Å². The molecule has 0 unspecified atom stereocenters. The molecule has 1 nitrogen and oxygen atoms in total. The molecule has 0 spiro atoms. The number of rotatable bonds is 1. The number of nitrogens with one attached hydrogen (secondary N) is 1. The van der Waals surface area contributed by atoms with Crippen molar-refractivity contribution in [1.29, 1.82) is 0 Å². The van der Waals surface area contributed by atoms with Crippen LogP contribution in [-0.4, -0.2) is 7.05 Å². The van der Waals surface area contributed by atoms with E-state index in [1.807, 2.05) is 26.1 Å². The summed E-state index contributed by atoms with van der Waals surface area (Å²) in [6.45, 7) is 1.97. The Kier molecular flexibility index (Phi) is 2.62. The van der Waals surface area contributed by atoms with Crippen LogP contribution in [0, 0.1) is 31.6 Å². The highest BCUT2D eigenvalue weighted by Gasteiger charge is 2.02. The van der Waals surface area contributed by atoms with Gasteiger partial charge >= 0.3 is 0 Å². The van der Waals surface area contributed by atoms with E-state index in [0.29, 0.717) is 0 Å². The van der Waals surface area contributed by atoms with Gasteiger partial charge in [0, 0.05) is 23.9 Å². The van der Waals surface area contributed by atoms with Crippen molar-refractivity contribution in [3.8, 4) is 24.7 Å². The zero-order chi connectivity index (χ0) is 9.84. The minimum Gasteiger partial charge on any atom is -0.388 e. The largest absolute Gasteiger partial charge is 0.388 e. The normalized spacial score (nSPS) is 8.62. The molecular formula is C12H11N. The van der Waals surface area contributed by atoms with E-state index >= 15 is 0 Å². The van der Waals surface area contributed by atoms with E-state index in [2.05, 4.69) is 17.2 Å². The summed E-state index contributed by atoms with van der Waals surface area (Å²) in [6, 6.07) is 3.76. The van der Waals surface area contributed by atoms with Crippen LogP contribution in [0.1, 0.15) is 16.7 Å². The second-order valence-corrected chi connectivity index (χ2v) is 2.74. The number of hydrogen-bond donors (Lipinski definition) is 1. The molecule has 0 saturated heterocycles. The first-order valence-electron chi connectivity index (χ1n) is 3.98. The molecule has 13 heavy (non-hydrogen) atoms. The zero-order valence-electron chi connectivity index (χ0n) is 7.81. The van der Waals surface area contributed by atoms with Gasteiger partial charge < -0.3 is 5.32 Å². The van der Waals surface area contributed by atoms with E-state index in [4.69, 9.17) is 12.8 Å². The second-order valence-electron chi connectivity index (χ2n) is 2.74. The number of hydrogen-bond acceptors (Lipinski definition) is 1. The van der Waals surface area contributed by atoms with Crippen LogP contribution in [0.5, 0.6) is 0 Å². The summed E-state index contributed by atoms with van der Waals surface area (Å²) in [4.78, 5) is 0. The smallest absolute Gasteiger partial charge is 0.0392 e. The molecule has 0 aromatic heterocycles. The van der Waals surface area contributed by atoms with Gasteiger partial charge in [-0.1, -0.05) is 11.8 Å². The van der Waals surface area contributed by atoms with Crippen molar-refractivity contribution in [2.24, 2.45) is 0 Å². The predicted octanol–water partition coefficient (Wildman–Crippen LogP) is 2.00. The van der Waals surface area contributed by atoms with E-state index < -0.39 is 0 Å². The number of anilines is 1. The van der Waals surface area contributed by atoms with Crippen molar-refractivity contribution in [3.63, 3.8) is 0 Å². The van der Waals surface area contributed by atoms with Crippen LogP contribution in [0.2, 0.25) is 0 Å². The minimum atomic E-state index is 0.808. The predicted molar refractivity (Wildman–Crippen MR) is 56.6 cm³/mol. The zero-order valence-corrected chi connectivity index (χ0v) is 7.81. The van der Waals surface area contributed by atoms with Gasteiger partial charge in [-0.05, 0) is 24.6 Å². The van der Waals surface area contributed by atoms with Crippen molar-refractivity contribution in [2.75, 3.05) is 12.4 Å². The molecule has 1 N–H and O–H groups in total. The molecule has 0 fully saturated rings. The molecule has 1 aromatic carbocycles. The Morgan fingerprint density at radius 1 is 1.23 bits per heavy atom. The van der Waals surface area contributed by atoms with Crippen molar-refractivity contribution in [3.05, 3.63) is 28.8 Å². The summed E-state index contributed by atoms with van der Waals surface area (Å²) in [5.41, 5.74) is 3.70. The minimum absolute atomic E-state index is 0.808. The van der Waals surface area contributed by atoms with Gasteiger partial charge in [0.25, 0.3) is 0 Å². The first-order valence-corrected chi connectivity index (χ1v) is 3.98. The Hall–Kier alpha value is -1.86. The SMILES string of the molecule is C#Cc1cc(C#C)c(C)c(NC)c1. The summed E-state index contributed by atoms with van der Waals surface area (Å²) < 4.78 is 0. The lowest BCUT2D eigenvalue weighted by Gasteiger charge is -2.07. The molecule has 1 aromatic rings. The molecule has 0 aliphatic rings. The lowest BCUT2D eigenvalue weighted by Crippen LogP contribution is -1.95. The third-order valence-corrected chi connectivity index (χ3v) is 2.00. The fourth-order valence-electron chi connectivity index (χ4n) is 1.21. The van der Waals surface area contributed by atoms with E-state index in [-0.39, 0.29) is 0 Å². The molecule has 1 heteroatoms. The fourth-order valence-corrected chi connectivity index (χ4v) is 1.21. The van der Waals surface area contributed by atoms with Gasteiger partial charge in [0.15, 0.2) is 0 Å². The fraction of sp³-hybridized carbons (Fsp3) is 0.167. The van der Waals surface area contributed by atoms with E-state index in [9.17, 15) is 0 Å². The molecule has 0 heterocycles. The Balaban J connectivity index is 3.42. The van der Waals surface area contributed by atoms with Crippen LogP contribution in [-0.2, 0) is 0 Å². The van der Waals surface area contributed by atoms with Gasteiger partial charge in [-0.2, -0.15) is 0 Å². The standard InChI is InChI=1S/C12H11N/c1-5-10-7-11(6-2)9(3)12(8-10)13-4/h1-2,7-8,13H,3-4H3.